The lowest BCUT2D eigenvalue weighted by Crippen LogP contribution is -3.08. The topological polar surface area (TPSA) is 59.8 Å². The molecule has 3 rings (SSSR count). The molecule has 0 aliphatic carbocycles. The summed E-state index contributed by atoms with van der Waals surface area (Å²) in [5.74, 6) is -0.597. The van der Waals surface area contributed by atoms with E-state index < -0.39 is 0 Å². The fourth-order valence-corrected chi connectivity index (χ4v) is 4.14. The molecule has 1 atom stereocenters. The van der Waals surface area contributed by atoms with E-state index in [1.807, 2.05) is 18.2 Å². The number of thiophene rings is 1. The molecular formula is C17H19N2O3S+. The van der Waals surface area contributed by atoms with Crippen molar-refractivity contribution in [2.45, 2.75) is 13.0 Å². The Morgan fingerprint density at radius 1 is 1.26 bits per heavy atom. The Kier molecular flexibility index (Phi) is 4.45. The minimum atomic E-state index is -0.384. The molecule has 1 aromatic carbocycles. The average Bonchev–Trinajstić information content (AvgIpc) is 2.91. The molecule has 2 N–H and O–H groups in total. The molecule has 23 heavy (non-hydrogen) atoms. The standard InChI is InChI=1S/C17H18N2O3S/c1-19-9-8-12-13(10-19)23-16(14(12)17(21)22-2)18-15(20)11-6-4-3-5-7-11/h3-7H,8-10H2,1-2H3,(H,18,20)/p+1. The normalized spacial score (nSPS) is 16.5. The van der Waals surface area contributed by atoms with Crippen molar-refractivity contribution < 1.29 is 19.2 Å². The molecule has 1 amide bonds. The zero-order valence-electron chi connectivity index (χ0n) is 13.1. The Morgan fingerprint density at radius 3 is 2.70 bits per heavy atom. The summed E-state index contributed by atoms with van der Waals surface area (Å²) in [6, 6.07) is 8.98. The van der Waals surface area contributed by atoms with E-state index in [1.165, 1.54) is 23.3 Å². The number of likely N-dealkylation sites (N-methyl/N-ethyl adjacent to an activating group) is 1. The van der Waals surface area contributed by atoms with Crippen LogP contribution in [0.5, 0.6) is 0 Å². The van der Waals surface area contributed by atoms with Crippen LogP contribution in [0, 0.1) is 0 Å². The molecule has 1 aromatic heterocycles. The van der Waals surface area contributed by atoms with Gasteiger partial charge in [-0.25, -0.2) is 4.79 Å². The number of ether oxygens (including phenoxy) is 1. The third-order valence-corrected chi connectivity index (χ3v) is 5.15. The Bertz CT molecular complexity index is 740. The number of rotatable bonds is 3. The summed E-state index contributed by atoms with van der Waals surface area (Å²) in [5, 5.41) is 3.47. The van der Waals surface area contributed by atoms with Crippen LogP contribution in [-0.2, 0) is 17.7 Å². The molecule has 1 aliphatic rings. The van der Waals surface area contributed by atoms with Crippen molar-refractivity contribution in [1.82, 2.24) is 0 Å². The highest BCUT2D eigenvalue weighted by molar-refractivity contribution is 7.17. The second kappa shape index (κ2) is 6.52. The van der Waals surface area contributed by atoms with E-state index in [4.69, 9.17) is 4.74 Å². The van der Waals surface area contributed by atoms with Crippen molar-refractivity contribution in [3.63, 3.8) is 0 Å². The SMILES string of the molecule is COC(=O)c1c(NC(=O)c2ccccc2)sc2c1CC[NH+](C)C2. The van der Waals surface area contributed by atoms with E-state index in [0.717, 1.165) is 30.0 Å². The molecule has 0 saturated heterocycles. The van der Waals surface area contributed by atoms with Crippen LogP contribution in [0.3, 0.4) is 0 Å². The van der Waals surface area contributed by atoms with Gasteiger partial charge in [0.05, 0.1) is 31.1 Å². The third kappa shape index (κ3) is 3.13. The molecule has 1 aliphatic heterocycles. The second-order valence-corrected chi connectivity index (χ2v) is 6.76. The highest BCUT2D eigenvalue weighted by Gasteiger charge is 2.30. The van der Waals surface area contributed by atoms with Gasteiger partial charge in [-0.1, -0.05) is 18.2 Å². The van der Waals surface area contributed by atoms with E-state index >= 15 is 0 Å². The number of carbonyl (C=O) groups excluding carboxylic acids is 2. The molecule has 5 nitrogen and oxygen atoms in total. The van der Waals surface area contributed by atoms with Crippen molar-refractivity contribution in [2.24, 2.45) is 0 Å². The van der Waals surface area contributed by atoms with Gasteiger partial charge >= 0.3 is 5.97 Å². The number of quaternary nitrogens is 1. The fourth-order valence-electron chi connectivity index (χ4n) is 2.79. The van der Waals surface area contributed by atoms with E-state index in [-0.39, 0.29) is 11.9 Å². The zero-order valence-corrected chi connectivity index (χ0v) is 14.0. The highest BCUT2D eigenvalue weighted by Crippen LogP contribution is 2.35. The van der Waals surface area contributed by atoms with Gasteiger partial charge in [0.15, 0.2) is 0 Å². The summed E-state index contributed by atoms with van der Waals surface area (Å²) in [6.07, 6.45) is 0.823. The summed E-state index contributed by atoms with van der Waals surface area (Å²) >= 11 is 1.48. The van der Waals surface area contributed by atoms with Crippen molar-refractivity contribution in [1.29, 1.82) is 0 Å². The van der Waals surface area contributed by atoms with Crippen LogP contribution in [0.2, 0.25) is 0 Å². The van der Waals surface area contributed by atoms with Crippen molar-refractivity contribution in [3.8, 4) is 0 Å². The average molecular weight is 331 g/mol. The Balaban J connectivity index is 1.95. The van der Waals surface area contributed by atoms with Gasteiger partial charge in [-0.2, -0.15) is 0 Å². The maximum absolute atomic E-state index is 12.4. The van der Waals surface area contributed by atoms with Gasteiger partial charge in [-0.3, -0.25) is 4.79 Å². The monoisotopic (exact) mass is 331 g/mol. The third-order valence-electron chi connectivity index (χ3n) is 4.01. The van der Waals surface area contributed by atoms with Gasteiger partial charge in [0.2, 0.25) is 0 Å². The number of esters is 1. The maximum Gasteiger partial charge on any atom is 0.341 e. The second-order valence-electron chi connectivity index (χ2n) is 5.65. The lowest BCUT2D eigenvalue weighted by molar-refractivity contribution is -0.895. The number of hydrogen-bond acceptors (Lipinski definition) is 4. The van der Waals surface area contributed by atoms with Crippen LogP contribution < -0.4 is 10.2 Å². The molecule has 120 valence electrons. The largest absolute Gasteiger partial charge is 0.465 e. The quantitative estimate of drug-likeness (QED) is 0.835. The van der Waals surface area contributed by atoms with Gasteiger partial charge in [-0.15, -0.1) is 11.3 Å². The van der Waals surface area contributed by atoms with Crippen LogP contribution >= 0.6 is 11.3 Å². The van der Waals surface area contributed by atoms with E-state index in [9.17, 15) is 9.59 Å². The first-order valence-electron chi connectivity index (χ1n) is 7.50. The summed E-state index contributed by atoms with van der Waals surface area (Å²) < 4.78 is 4.93. The predicted octanol–water partition coefficient (Wildman–Crippen LogP) is 1.36. The zero-order chi connectivity index (χ0) is 16.4. The number of methoxy groups -OCH3 is 1. The first-order chi connectivity index (χ1) is 11.1. The number of fused-ring (bicyclic) bond motifs is 1. The summed E-state index contributed by atoms with van der Waals surface area (Å²) in [5.41, 5.74) is 2.11. The molecule has 2 aromatic rings. The molecular weight excluding hydrogens is 312 g/mol. The minimum Gasteiger partial charge on any atom is -0.465 e. The number of anilines is 1. The fraction of sp³-hybridized carbons (Fsp3) is 0.294. The van der Waals surface area contributed by atoms with Crippen molar-refractivity contribution in [2.75, 3.05) is 26.0 Å². The van der Waals surface area contributed by atoms with Crippen molar-refractivity contribution >= 4 is 28.2 Å². The molecule has 0 radical (unpaired) electrons. The van der Waals surface area contributed by atoms with Crippen LogP contribution in [-0.4, -0.2) is 32.6 Å². The summed E-state index contributed by atoms with van der Waals surface area (Å²) in [7, 11) is 3.50. The molecule has 0 saturated carbocycles. The van der Waals surface area contributed by atoms with Gasteiger partial charge in [0.25, 0.3) is 5.91 Å². The first-order valence-corrected chi connectivity index (χ1v) is 8.32. The van der Waals surface area contributed by atoms with Crippen molar-refractivity contribution in [3.05, 3.63) is 51.9 Å². The highest BCUT2D eigenvalue weighted by atomic mass is 32.1. The Labute approximate surface area is 138 Å². The molecule has 0 bridgehead atoms. The first kappa shape index (κ1) is 15.7. The lowest BCUT2D eigenvalue weighted by Gasteiger charge is -2.19. The lowest BCUT2D eigenvalue weighted by atomic mass is 10.0. The summed E-state index contributed by atoms with van der Waals surface area (Å²) in [6.45, 7) is 1.84. The van der Waals surface area contributed by atoms with Gasteiger partial charge in [-0.05, 0) is 17.7 Å². The Morgan fingerprint density at radius 2 is 2.00 bits per heavy atom. The van der Waals surface area contributed by atoms with E-state index in [0.29, 0.717) is 16.1 Å². The van der Waals surface area contributed by atoms with Crippen LogP contribution in [0.4, 0.5) is 5.00 Å². The van der Waals surface area contributed by atoms with Crippen LogP contribution in [0.15, 0.2) is 30.3 Å². The molecule has 0 spiro atoms. The number of nitrogens with one attached hydrogen (secondary N) is 2. The van der Waals surface area contributed by atoms with Gasteiger partial charge in [0.1, 0.15) is 11.5 Å². The summed E-state index contributed by atoms with van der Waals surface area (Å²) in [4.78, 5) is 27.1. The number of hydrogen-bond donors (Lipinski definition) is 2. The molecule has 0 fully saturated rings. The maximum atomic E-state index is 12.4. The Hall–Kier alpha value is -2.18. The molecule has 1 unspecified atom stereocenters. The van der Waals surface area contributed by atoms with E-state index in [1.54, 1.807) is 12.1 Å². The van der Waals surface area contributed by atoms with Crippen LogP contribution in [0.1, 0.15) is 31.2 Å². The van der Waals surface area contributed by atoms with Gasteiger partial charge < -0.3 is 15.0 Å². The van der Waals surface area contributed by atoms with Gasteiger partial charge in [0, 0.05) is 12.0 Å². The molecule has 6 heteroatoms. The smallest absolute Gasteiger partial charge is 0.341 e. The number of carbonyl (C=O) groups is 2. The van der Waals surface area contributed by atoms with Crippen LogP contribution in [0.25, 0.3) is 0 Å². The number of benzene rings is 1. The number of amides is 1. The van der Waals surface area contributed by atoms with E-state index in [2.05, 4.69) is 12.4 Å². The predicted molar refractivity (Wildman–Crippen MR) is 89.2 cm³/mol. The molecule has 2 heterocycles. The minimum absolute atomic E-state index is 0.213.